The number of carbonyl (C=O) groups excluding carboxylic acids is 2. The first-order valence-electron chi connectivity index (χ1n) is 10.5. The topological polar surface area (TPSA) is 71.1 Å². The van der Waals surface area contributed by atoms with Gasteiger partial charge in [0, 0.05) is 44.3 Å². The van der Waals surface area contributed by atoms with Crippen molar-refractivity contribution >= 4 is 17.5 Å². The van der Waals surface area contributed by atoms with Crippen LogP contribution in [0.25, 0.3) is 0 Å². The van der Waals surface area contributed by atoms with E-state index in [1.54, 1.807) is 12.0 Å². The molecular formula is C22H33N3O4. The zero-order valence-corrected chi connectivity index (χ0v) is 17.7. The van der Waals surface area contributed by atoms with Gasteiger partial charge in [0.1, 0.15) is 5.75 Å². The molecule has 2 fully saturated rings. The molecule has 1 N–H and O–H groups in total. The number of hydrogen-bond donors (Lipinski definition) is 1. The van der Waals surface area contributed by atoms with E-state index in [1.165, 1.54) is 0 Å². The SMILES string of the molecule is COc1ccc(N2CC(C(=O)NCC(CC(C)C)N3CCOCC3)CC2=O)cc1. The summed E-state index contributed by atoms with van der Waals surface area (Å²) in [6.45, 7) is 8.75. The molecule has 2 saturated heterocycles. The number of methoxy groups -OCH3 is 1. The predicted molar refractivity (Wildman–Crippen MR) is 112 cm³/mol. The lowest BCUT2D eigenvalue weighted by Gasteiger charge is -2.35. The van der Waals surface area contributed by atoms with E-state index >= 15 is 0 Å². The van der Waals surface area contributed by atoms with Gasteiger partial charge in [0.15, 0.2) is 0 Å². The highest BCUT2D eigenvalue weighted by atomic mass is 16.5. The van der Waals surface area contributed by atoms with Crippen molar-refractivity contribution in [3.8, 4) is 5.75 Å². The molecule has 29 heavy (non-hydrogen) atoms. The Kier molecular flexibility index (Phi) is 7.50. The van der Waals surface area contributed by atoms with Gasteiger partial charge in [-0.3, -0.25) is 14.5 Å². The summed E-state index contributed by atoms with van der Waals surface area (Å²) in [5, 5.41) is 3.12. The molecule has 7 heteroatoms. The Labute approximate surface area is 173 Å². The number of amides is 2. The molecule has 2 atom stereocenters. The van der Waals surface area contributed by atoms with Gasteiger partial charge in [0.25, 0.3) is 0 Å². The lowest BCUT2D eigenvalue weighted by Crippen LogP contribution is -2.50. The maximum atomic E-state index is 12.8. The molecule has 2 aliphatic rings. The normalized spacial score (nSPS) is 21.4. The minimum atomic E-state index is -0.311. The van der Waals surface area contributed by atoms with E-state index in [1.807, 2.05) is 24.3 Å². The van der Waals surface area contributed by atoms with Crippen LogP contribution in [0.15, 0.2) is 24.3 Å². The van der Waals surface area contributed by atoms with Crippen LogP contribution in [-0.4, -0.2) is 69.3 Å². The van der Waals surface area contributed by atoms with Gasteiger partial charge in [-0.15, -0.1) is 0 Å². The molecule has 3 rings (SSSR count). The second kappa shape index (κ2) is 10.1. The third-order valence-electron chi connectivity index (χ3n) is 5.70. The van der Waals surface area contributed by atoms with Crippen molar-refractivity contribution < 1.29 is 19.1 Å². The van der Waals surface area contributed by atoms with Gasteiger partial charge in [0.2, 0.25) is 11.8 Å². The van der Waals surface area contributed by atoms with Crippen LogP contribution in [0.4, 0.5) is 5.69 Å². The van der Waals surface area contributed by atoms with E-state index in [0.717, 1.165) is 44.2 Å². The van der Waals surface area contributed by atoms with Gasteiger partial charge >= 0.3 is 0 Å². The second-order valence-corrected chi connectivity index (χ2v) is 8.28. The zero-order chi connectivity index (χ0) is 20.8. The van der Waals surface area contributed by atoms with E-state index < -0.39 is 0 Å². The van der Waals surface area contributed by atoms with Crippen LogP contribution in [-0.2, 0) is 14.3 Å². The largest absolute Gasteiger partial charge is 0.497 e. The van der Waals surface area contributed by atoms with Crippen molar-refractivity contribution in [1.82, 2.24) is 10.2 Å². The minimum absolute atomic E-state index is 0.0118. The van der Waals surface area contributed by atoms with Crippen LogP contribution in [0.5, 0.6) is 5.75 Å². The first kappa shape index (κ1) is 21.6. The highest BCUT2D eigenvalue weighted by Gasteiger charge is 2.35. The van der Waals surface area contributed by atoms with Crippen LogP contribution >= 0.6 is 0 Å². The quantitative estimate of drug-likeness (QED) is 0.718. The van der Waals surface area contributed by atoms with Crippen molar-refractivity contribution in [2.45, 2.75) is 32.7 Å². The number of nitrogens with zero attached hydrogens (tertiary/aromatic N) is 2. The Bertz CT molecular complexity index is 686. The minimum Gasteiger partial charge on any atom is -0.497 e. The third kappa shape index (κ3) is 5.70. The molecule has 0 saturated carbocycles. The number of benzene rings is 1. The number of anilines is 1. The lowest BCUT2D eigenvalue weighted by atomic mass is 10.0. The van der Waals surface area contributed by atoms with Crippen molar-refractivity contribution in [3.05, 3.63) is 24.3 Å². The van der Waals surface area contributed by atoms with E-state index in [-0.39, 0.29) is 24.2 Å². The molecule has 2 heterocycles. The number of carbonyl (C=O) groups is 2. The van der Waals surface area contributed by atoms with Gasteiger partial charge in [-0.25, -0.2) is 0 Å². The molecule has 160 valence electrons. The van der Waals surface area contributed by atoms with Gasteiger partial charge in [-0.2, -0.15) is 0 Å². The van der Waals surface area contributed by atoms with Crippen LogP contribution in [0, 0.1) is 11.8 Å². The molecule has 1 aromatic rings. The molecule has 0 aromatic heterocycles. The summed E-state index contributed by atoms with van der Waals surface area (Å²) in [4.78, 5) is 29.4. The summed E-state index contributed by atoms with van der Waals surface area (Å²) in [5.74, 6) is 0.944. The highest BCUT2D eigenvalue weighted by molar-refractivity contribution is 6.00. The summed E-state index contributed by atoms with van der Waals surface area (Å²) >= 11 is 0. The molecule has 1 aromatic carbocycles. The zero-order valence-electron chi connectivity index (χ0n) is 17.7. The highest BCUT2D eigenvalue weighted by Crippen LogP contribution is 2.27. The monoisotopic (exact) mass is 403 g/mol. The van der Waals surface area contributed by atoms with Crippen molar-refractivity contribution in [2.24, 2.45) is 11.8 Å². The average molecular weight is 404 g/mol. The molecule has 2 amide bonds. The smallest absolute Gasteiger partial charge is 0.227 e. The molecule has 0 radical (unpaired) electrons. The van der Waals surface area contributed by atoms with E-state index in [0.29, 0.717) is 25.0 Å². The molecular weight excluding hydrogens is 370 g/mol. The first-order valence-corrected chi connectivity index (χ1v) is 10.5. The number of nitrogens with one attached hydrogen (secondary N) is 1. The Hall–Kier alpha value is -2.12. The Morgan fingerprint density at radius 1 is 1.24 bits per heavy atom. The van der Waals surface area contributed by atoms with Gasteiger partial charge in [0.05, 0.1) is 26.2 Å². The number of hydrogen-bond acceptors (Lipinski definition) is 5. The lowest BCUT2D eigenvalue weighted by molar-refractivity contribution is -0.126. The molecule has 0 bridgehead atoms. The first-order chi connectivity index (χ1) is 14.0. The Morgan fingerprint density at radius 3 is 2.55 bits per heavy atom. The number of ether oxygens (including phenoxy) is 2. The van der Waals surface area contributed by atoms with Gasteiger partial charge < -0.3 is 19.7 Å². The van der Waals surface area contributed by atoms with Crippen molar-refractivity contribution in [1.29, 1.82) is 0 Å². The van der Waals surface area contributed by atoms with E-state index in [2.05, 4.69) is 24.1 Å². The van der Waals surface area contributed by atoms with Crippen molar-refractivity contribution in [3.63, 3.8) is 0 Å². The van der Waals surface area contributed by atoms with Crippen LogP contribution < -0.4 is 15.0 Å². The predicted octanol–water partition coefficient (Wildman–Crippen LogP) is 1.91. The van der Waals surface area contributed by atoms with Crippen LogP contribution in [0.1, 0.15) is 26.7 Å². The fraction of sp³-hybridized carbons (Fsp3) is 0.636. The Balaban J connectivity index is 1.55. The molecule has 2 aliphatic heterocycles. The summed E-state index contributed by atoms with van der Waals surface area (Å²) in [5.41, 5.74) is 0.803. The Morgan fingerprint density at radius 2 is 1.93 bits per heavy atom. The van der Waals surface area contributed by atoms with E-state index in [9.17, 15) is 9.59 Å². The summed E-state index contributed by atoms with van der Waals surface area (Å²) in [6, 6.07) is 7.67. The molecule has 0 spiro atoms. The third-order valence-corrected chi connectivity index (χ3v) is 5.70. The van der Waals surface area contributed by atoms with Crippen LogP contribution in [0.2, 0.25) is 0 Å². The van der Waals surface area contributed by atoms with Crippen LogP contribution in [0.3, 0.4) is 0 Å². The average Bonchev–Trinajstić information content (AvgIpc) is 3.13. The summed E-state index contributed by atoms with van der Waals surface area (Å²) < 4.78 is 10.6. The fourth-order valence-corrected chi connectivity index (χ4v) is 4.11. The van der Waals surface area contributed by atoms with Gasteiger partial charge in [-0.05, 0) is 36.6 Å². The second-order valence-electron chi connectivity index (χ2n) is 8.28. The fourth-order valence-electron chi connectivity index (χ4n) is 4.11. The number of rotatable bonds is 8. The number of morpholine rings is 1. The standard InChI is InChI=1S/C22H33N3O4/c1-16(2)12-19(24-8-10-29-11-9-24)14-23-22(27)17-13-21(26)25(15-17)18-4-6-20(28-3)7-5-18/h4-7,16-17,19H,8-15H2,1-3H3,(H,23,27). The maximum absolute atomic E-state index is 12.8. The molecule has 2 unspecified atom stereocenters. The molecule has 0 aliphatic carbocycles. The summed E-state index contributed by atoms with van der Waals surface area (Å²) in [6.07, 6.45) is 1.28. The maximum Gasteiger partial charge on any atom is 0.227 e. The van der Waals surface area contributed by atoms with Gasteiger partial charge in [-0.1, -0.05) is 13.8 Å². The summed E-state index contributed by atoms with van der Waals surface area (Å²) in [7, 11) is 1.61. The van der Waals surface area contributed by atoms with E-state index in [4.69, 9.17) is 9.47 Å². The molecule has 7 nitrogen and oxygen atoms in total. The van der Waals surface area contributed by atoms with Crippen molar-refractivity contribution in [2.75, 3.05) is 51.4 Å².